The van der Waals surface area contributed by atoms with Crippen LogP contribution in [0.25, 0.3) is 0 Å². The molecule has 0 saturated heterocycles. The van der Waals surface area contributed by atoms with Gasteiger partial charge in [-0.15, -0.1) is 0 Å². The highest BCUT2D eigenvalue weighted by atomic mass is 14.4. The van der Waals surface area contributed by atoms with E-state index in [-0.39, 0.29) is 0 Å². The zero-order valence-electron chi connectivity index (χ0n) is 13.0. The molecule has 2 fully saturated rings. The second kappa shape index (κ2) is 6.44. The fourth-order valence-electron chi connectivity index (χ4n) is 4.60. The summed E-state index contributed by atoms with van der Waals surface area (Å²) in [6, 6.07) is 0. The van der Waals surface area contributed by atoms with Gasteiger partial charge in [0.15, 0.2) is 0 Å². The van der Waals surface area contributed by atoms with Gasteiger partial charge in [0.25, 0.3) is 0 Å². The Morgan fingerprint density at radius 3 is 2.00 bits per heavy atom. The first-order chi connectivity index (χ1) is 8.62. The van der Waals surface area contributed by atoms with Gasteiger partial charge in [-0.2, -0.15) is 0 Å². The molecule has 2 rings (SSSR count). The lowest BCUT2D eigenvalue weighted by atomic mass is 9.64. The van der Waals surface area contributed by atoms with Crippen LogP contribution in [0, 0.1) is 23.2 Å². The van der Waals surface area contributed by atoms with Gasteiger partial charge in [-0.05, 0) is 48.9 Å². The first kappa shape index (κ1) is 14.4. The SMILES string of the molecule is CCCC(C1CCCCC1)C1CCC(C)(C)CC1. The summed E-state index contributed by atoms with van der Waals surface area (Å²) in [6.07, 6.45) is 16.5. The maximum Gasteiger partial charge on any atom is -0.0354 e. The van der Waals surface area contributed by atoms with E-state index in [4.69, 9.17) is 0 Å². The van der Waals surface area contributed by atoms with Gasteiger partial charge in [0, 0.05) is 0 Å². The van der Waals surface area contributed by atoms with Gasteiger partial charge < -0.3 is 0 Å². The third-order valence-corrected chi connectivity index (χ3v) is 5.87. The summed E-state index contributed by atoms with van der Waals surface area (Å²) in [4.78, 5) is 0. The Labute approximate surface area is 115 Å². The van der Waals surface area contributed by atoms with Gasteiger partial charge in [0.2, 0.25) is 0 Å². The molecular weight excluding hydrogens is 216 g/mol. The molecule has 0 nitrogen and oxygen atoms in total. The molecule has 106 valence electrons. The molecule has 0 aromatic carbocycles. The molecule has 0 bridgehead atoms. The van der Waals surface area contributed by atoms with Gasteiger partial charge in [0.1, 0.15) is 0 Å². The smallest absolute Gasteiger partial charge is 0.0354 e. The van der Waals surface area contributed by atoms with E-state index in [9.17, 15) is 0 Å². The van der Waals surface area contributed by atoms with Crippen molar-refractivity contribution in [1.82, 2.24) is 0 Å². The van der Waals surface area contributed by atoms with E-state index < -0.39 is 0 Å². The van der Waals surface area contributed by atoms with Crippen LogP contribution in [0.4, 0.5) is 0 Å². The second-order valence-electron chi connectivity index (χ2n) is 7.85. The van der Waals surface area contributed by atoms with Crippen LogP contribution < -0.4 is 0 Å². The largest absolute Gasteiger partial charge is 0.0654 e. The minimum absolute atomic E-state index is 0.639. The molecule has 0 radical (unpaired) electrons. The lowest BCUT2D eigenvalue weighted by molar-refractivity contribution is 0.0927. The topological polar surface area (TPSA) is 0 Å². The predicted molar refractivity (Wildman–Crippen MR) is 80.7 cm³/mol. The third-order valence-electron chi connectivity index (χ3n) is 5.87. The molecule has 1 atom stereocenters. The predicted octanol–water partition coefficient (Wildman–Crippen LogP) is 6.20. The molecule has 0 heteroatoms. The lowest BCUT2D eigenvalue weighted by Gasteiger charge is -2.42. The minimum Gasteiger partial charge on any atom is -0.0654 e. The van der Waals surface area contributed by atoms with E-state index in [1.54, 1.807) is 12.8 Å². The van der Waals surface area contributed by atoms with Crippen LogP contribution in [0.1, 0.15) is 91.4 Å². The Kier molecular flexibility index (Phi) is 5.15. The fraction of sp³-hybridized carbons (Fsp3) is 1.00. The minimum atomic E-state index is 0.639. The van der Waals surface area contributed by atoms with Crippen molar-refractivity contribution in [1.29, 1.82) is 0 Å². The second-order valence-corrected chi connectivity index (χ2v) is 7.85. The highest BCUT2D eigenvalue weighted by Crippen LogP contribution is 2.46. The Bertz CT molecular complexity index is 224. The first-order valence-corrected chi connectivity index (χ1v) is 8.62. The molecule has 0 aromatic rings. The van der Waals surface area contributed by atoms with Crippen LogP contribution in [0.2, 0.25) is 0 Å². The normalized spacial score (nSPS) is 28.2. The molecule has 18 heavy (non-hydrogen) atoms. The Hall–Kier alpha value is 0. The number of hydrogen-bond acceptors (Lipinski definition) is 0. The quantitative estimate of drug-likeness (QED) is 0.557. The Balaban J connectivity index is 1.92. The summed E-state index contributed by atoms with van der Waals surface area (Å²) in [5, 5.41) is 0. The average Bonchev–Trinajstić information content (AvgIpc) is 2.38. The third kappa shape index (κ3) is 3.75. The van der Waals surface area contributed by atoms with Crippen LogP contribution in [0.15, 0.2) is 0 Å². The first-order valence-electron chi connectivity index (χ1n) is 8.62. The van der Waals surface area contributed by atoms with Crippen molar-refractivity contribution in [2.45, 2.75) is 91.4 Å². The lowest BCUT2D eigenvalue weighted by Crippen LogP contribution is -2.31. The standard InChI is InChI=1S/C18H34/c1-4-8-17(15-9-6-5-7-10-15)16-11-13-18(2,3)14-12-16/h15-17H,4-14H2,1-3H3. The van der Waals surface area contributed by atoms with Crippen molar-refractivity contribution in [2.24, 2.45) is 23.2 Å². The molecule has 0 aliphatic heterocycles. The molecule has 1 unspecified atom stereocenters. The van der Waals surface area contributed by atoms with Gasteiger partial charge in [-0.1, -0.05) is 65.7 Å². The van der Waals surface area contributed by atoms with Crippen LogP contribution in [-0.2, 0) is 0 Å². The zero-order valence-corrected chi connectivity index (χ0v) is 13.0. The zero-order chi connectivity index (χ0) is 13.0. The molecule has 2 saturated carbocycles. The summed E-state index contributed by atoms with van der Waals surface area (Å²) in [5.74, 6) is 3.23. The molecule has 0 aromatic heterocycles. The highest BCUT2D eigenvalue weighted by molar-refractivity contribution is 4.85. The molecule has 0 amide bonds. The van der Waals surface area contributed by atoms with E-state index in [2.05, 4.69) is 20.8 Å². The maximum atomic E-state index is 2.47. The monoisotopic (exact) mass is 250 g/mol. The maximum absolute atomic E-state index is 2.47. The molecule has 2 aliphatic rings. The van der Waals surface area contributed by atoms with Gasteiger partial charge >= 0.3 is 0 Å². The van der Waals surface area contributed by atoms with E-state index >= 15 is 0 Å². The molecule has 0 N–H and O–H groups in total. The summed E-state index contributed by atoms with van der Waals surface area (Å²) in [7, 11) is 0. The van der Waals surface area contributed by atoms with Crippen molar-refractivity contribution in [3.8, 4) is 0 Å². The van der Waals surface area contributed by atoms with Crippen molar-refractivity contribution in [3.63, 3.8) is 0 Å². The summed E-state index contributed by atoms with van der Waals surface area (Å²) >= 11 is 0. The van der Waals surface area contributed by atoms with Gasteiger partial charge in [-0.25, -0.2) is 0 Å². The summed E-state index contributed by atoms with van der Waals surface area (Å²) in [6.45, 7) is 7.33. The van der Waals surface area contributed by atoms with E-state index in [1.807, 2.05) is 0 Å². The Morgan fingerprint density at radius 2 is 1.44 bits per heavy atom. The molecule has 0 heterocycles. The summed E-state index contributed by atoms with van der Waals surface area (Å²) < 4.78 is 0. The average molecular weight is 250 g/mol. The Morgan fingerprint density at radius 1 is 0.889 bits per heavy atom. The highest BCUT2D eigenvalue weighted by Gasteiger charge is 2.34. The molecular formula is C18H34. The van der Waals surface area contributed by atoms with E-state index in [0.29, 0.717) is 5.41 Å². The van der Waals surface area contributed by atoms with Gasteiger partial charge in [0.05, 0.1) is 0 Å². The molecule has 0 spiro atoms. The van der Waals surface area contributed by atoms with Crippen LogP contribution in [0.3, 0.4) is 0 Å². The van der Waals surface area contributed by atoms with Crippen molar-refractivity contribution < 1.29 is 0 Å². The summed E-state index contributed by atoms with van der Waals surface area (Å²) in [5.41, 5.74) is 0.639. The van der Waals surface area contributed by atoms with Crippen LogP contribution >= 0.6 is 0 Å². The van der Waals surface area contributed by atoms with Crippen LogP contribution in [0.5, 0.6) is 0 Å². The molecule has 2 aliphatic carbocycles. The van der Waals surface area contributed by atoms with Gasteiger partial charge in [-0.3, -0.25) is 0 Å². The van der Waals surface area contributed by atoms with Crippen LogP contribution in [-0.4, -0.2) is 0 Å². The number of rotatable bonds is 4. The van der Waals surface area contributed by atoms with E-state index in [0.717, 1.165) is 17.8 Å². The van der Waals surface area contributed by atoms with Crippen molar-refractivity contribution in [2.75, 3.05) is 0 Å². The van der Waals surface area contributed by atoms with E-state index in [1.165, 1.54) is 57.8 Å². The fourth-order valence-corrected chi connectivity index (χ4v) is 4.60. The van der Waals surface area contributed by atoms with Crippen molar-refractivity contribution in [3.05, 3.63) is 0 Å². The number of hydrogen-bond donors (Lipinski definition) is 0. The van der Waals surface area contributed by atoms with Crippen molar-refractivity contribution >= 4 is 0 Å².